The van der Waals surface area contributed by atoms with Crippen molar-refractivity contribution in [1.29, 1.82) is 0 Å². The highest BCUT2D eigenvalue weighted by Crippen LogP contribution is 2.28. The number of halogens is 1. The Labute approximate surface area is 130 Å². The lowest BCUT2D eigenvalue weighted by Crippen LogP contribution is -2.48. The monoisotopic (exact) mass is 312 g/mol. The molecule has 0 saturated heterocycles. The molecule has 1 aromatic carbocycles. The molecule has 1 saturated carbocycles. The summed E-state index contributed by atoms with van der Waals surface area (Å²) in [6.07, 6.45) is 3.37. The normalized spacial score (nSPS) is 15.9. The van der Waals surface area contributed by atoms with Crippen molar-refractivity contribution in [1.82, 2.24) is 0 Å². The second kappa shape index (κ2) is 7.43. The number of nitrogens with one attached hydrogen (secondary N) is 1. The van der Waals surface area contributed by atoms with E-state index in [0.29, 0.717) is 30.7 Å². The Kier molecular flexibility index (Phi) is 6.18. The zero-order valence-corrected chi connectivity index (χ0v) is 12.9. The zero-order valence-electron chi connectivity index (χ0n) is 12.1. The molecular weight excluding hydrogens is 292 g/mol. The number of amides is 1. The van der Waals surface area contributed by atoms with Gasteiger partial charge in [-0.25, -0.2) is 4.79 Å². The van der Waals surface area contributed by atoms with Gasteiger partial charge in [0, 0.05) is 5.69 Å². The lowest BCUT2D eigenvalue weighted by molar-refractivity contribution is -0.121. The molecule has 0 heterocycles. The first-order chi connectivity index (χ1) is 9.55. The van der Waals surface area contributed by atoms with Crippen molar-refractivity contribution in [3.63, 3.8) is 0 Å². The molecule has 2 rings (SSSR count). The summed E-state index contributed by atoms with van der Waals surface area (Å²) in [4.78, 5) is 23.8. The van der Waals surface area contributed by atoms with Crippen LogP contribution in [0, 0.1) is 0 Å². The largest absolute Gasteiger partial charge is 0.462 e. The number of benzene rings is 1. The minimum Gasteiger partial charge on any atom is -0.462 e. The van der Waals surface area contributed by atoms with Gasteiger partial charge >= 0.3 is 5.97 Å². The molecule has 116 valence electrons. The topological polar surface area (TPSA) is 81.4 Å². The Morgan fingerprint density at radius 3 is 2.62 bits per heavy atom. The van der Waals surface area contributed by atoms with Crippen LogP contribution < -0.4 is 11.1 Å². The minimum atomic E-state index is -0.778. The van der Waals surface area contributed by atoms with Crippen LogP contribution in [0.15, 0.2) is 24.3 Å². The smallest absolute Gasteiger partial charge is 0.338 e. The summed E-state index contributed by atoms with van der Waals surface area (Å²) in [5.74, 6) is -0.581. The van der Waals surface area contributed by atoms with Crippen molar-refractivity contribution >= 4 is 30.0 Å². The van der Waals surface area contributed by atoms with E-state index in [1.165, 1.54) is 0 Å². The number of ether oxygens (including phenoxy) is 1. The first kappa shape index (κ1) is 17.5. The minimum absolute atomic E-state index is 0. The third kappa shape index (κ3) is 4.19. The molecule has 3 N–H and O–H groups in total. The first-order valence-electron chi connectivity index (χ1n) is 6.93. The number of rotatable bonds is 4. The Bertz CT molecular complexity index is 513. The van der Waals surface area contributed by atoms with E-state index in [-0.39, 0.29) is 18.3 Å². The second-order valence-electron chi connectivity index (χ2n) is 5.12. The fourth-order valence-electron chi connectivity index (χ4n) is 2.43. The van der Waals surface area contributed by atoms with Gasteiger partial charge in [0.2, 0.25) is 5.91 Å². The van der Waals surface area contributed by atoms with Crippen LogP contribution in [0.2, 0.25) is 0 Å². The van der Waals surface area contributed by atoms with Gasteiger partial charge in [-0.3, -0.25) is 4.79 Å². The predicted octanol–water partition coefficient (Wildman–Crippen LogP) is 2.50. The van der Waals surface area contributed by atoms with Crippen LogP contribution in [0.3, 0.4) is 0 Å². The zero-order chi connectivity index (χ0) is 14.6. The number of nitrogens with two attached hydrogens (primary N) is 1. The molecular formula is C15H21ClN2O3. The van der Waals surface area contributed by atoms with Crippen molar-refractivity contribution in [3.8, 4) is 0 Å². The first-order valence-corrected chi connectivity index (χ1v) is 6.93. The predicted molar refractivity (Wildman–Crippen MR) is 83.7 cm³/mol. The maximum atomic E-state index is 12.2. The average Bonchev–Trinajstić information content (AvgIpc) is 2.88. The molecule has 1 aliphatic carbocycles. The molecule has 0 aliphatic heterocycles. The molecule has 1 amide bonds. The lowest BCUT2D eigenvalue weighted by atomic mass is 9.98. The third-order valence-electron chi connectivity index (χ3n) is 3.58. The number of carbonyl (C=O) groups excluding carboxylic acids is 2. The van der Waals surface area contributed by atoms with Crippen molar-refractivity contribution < 1.29 is 14.3 Å². The molecule has 0 unspecified atom stereocenters. The van der Waals surface area contributed by atoms with Crippen LogP contribution in [0.4, 0.5) is 5.69 Å². The molecule has 0 spiro atoms. The van der Waals surface area contributed by atoms with E-state index in [1.54, 1.807) is 31.2 Å². The van der Waals surface area contributed by atoms with E-state index in [1.807, 2.05) is 0 Å². The molecule has 0 radical (unpaired) electrons. The Hall–Kier alpha value is -1.59. The quantitative estimate of drug-likeness (QED) is 0.837. The molecule has 1 aromatic rings. The van der Waals surface area contributed by atoms with Crippen molar-refractivity contribution in [2.24, 2.45) is 5.73 Å². The highest BCUT2D eigenvalue weighted by molar-refractivity contribution is 5.99. The summed E-state index contributed by atoms with van der Waals surface area (Å²) in [7, 11) is 0. The van der Waals surface area contributed by atoms with Crippen molar-refractivity contribution in [3.05, 3.63) is 29.8 Å². The van der Waals surface area contributed by atoms with E-state index in [0.717, 1.165) is 12.8 Å². The lowest BCUT2D eigenvalue weighted by Gasteiger charge is -2.22. The summed E-state index contributed by atoms with van der Waals surface area (Å²) in [5.41, 5.74) is 6.30. The van der Waals surface area contributed by atoms with Crippen LogP contribution in [0.25, 0.3) is 0 Å². The van der Waals surface area contributed by atoms with Crippen molar-refractivity contribution in [2.45, 2.75) is 38.1 Å². The van der Waals surface area contributed by atoms with E-state index in [9.17, 15) is 9.59 Å². The molecule has 5 nitrogen and oxygen atoms in total. The van der Waals surface area contributed by atoms with Gasteiger partial charge in [-0.15, -0.1) is 12.4 Å². The maximum absolute atomic E-state index is 12.2. The van der Waals surface area contributed by atoms with Gasteiger partial charge in [-0.1, -0.05) is 18.9 Å². The van der Waals surface area contributed by atoms with Gasteiger partial charge in [0.05, 0.1) is 17.7 Å². The molecule has 0 bridgehead atoms. The van der Waals surface area contributed by atoms with Gasteiger partial charge in [0.15, 0.2) is 0 Å². The van der Waals surface area contributed by atoms with Gasteiger partial charge in [-0.2, -0.15) is 0 Å². The summed E-state index contributed by atoms with van der Waals surface area (Å²) in [6.45, 7) is 2.07. The number of esters is 1. The number of hydrogen-bond acceptors (Lipinski definition) is 4. The molecule has 1 aliphatic rings. The SMILES string of the molecule is CCOC(=O)c1cccc(NC(=O)C2(N)CCCC2)c1.Cl. The molecule has 6 heteroatoms. The number of anilines is 1. The van der Waals surface area contributed by atoms with Gasteiger partial charge in [0.25, 0.3) is 0 Å². The van der Waals surface area contributed by atoms with Crippen LogP contribution >= 0.6 is 12.4 Å². The van der Waals surface area contributed by atoms with Crippen molar-refractivity contribution in [2.75, 3.05) is 11.9 Å². The molecule has 0 atom stereocenters. The number of hydrogen-bond donors (Lipinski definition) is 2. The van der Waals surface area contributed by atoms with E-state index < -0.39 is 11.5 Å². The van der Waals surface area contributed by atoms with Gasteiger partial charge in [0.1, 0.15) is 0 Å². The Balaban J connectivity index is 0.00000220. The third-order valence-corrected chi connectivity index (χ3v) is 3.58. The Morgan fingerprint density at radius 2 is 2.00 bits per heavy atom. The maximum Gasteiger partial charge on any atom is 0.338 e. The second-order valence-corrected chi connectivity index (χ2v) is 5.12. The van der Waals surface area contributed by atoms with Crippen LogP contribution in [0.5, 0.6) is 0 Å². The van der Waals surface area contributed by atoms with Crippen LogP contribution in [-0.2, 0) is 9.53 Å². The van der Waals surface area contributed by atoms with Gasteiger partial charge < -0.3 is 15.8 Å². The number of carbonyl (C=O) groups is 2. The fourth-order valence-corrected chi connectivity index (χ4v) is 2.43. The summed E-state index contributed by atoms with van der Waals surface area (Å²) in [5, 5.41) is 2.79. The van der Waals surface area contributed by atoms with Crippen LogP contribution in [-0.4, -0.2) is 24.0 Å². The summed E-state index contributed by atoms with van der Waals surface area (Å²) in [6, 6.07) is 6.70. The molecule has 1 fully saturated rings. The summed E-state index contributed by atoms with van der Waals surface area (Å²) >= 11 is 0. The van der Waals surface area contributed by atoms with E-state index >= 15 is 0 Å². The standard InChI is InChI=1S/C15H20N2O3.ClH/c1-2-20-13(18)11-6-5-7-12(10-11)17-14(19)15(16)8-3-4-9-15;/h5-7,10H,2-4,8-9,16H2,1H3,(H,17,19);1H. The summed E-state index contributed by atoms with van der Waals surface area (Å²) < 4.78 is 4.93. The highest BCUT2D eigenvalue weighted by atomic mass is 35.5. The average molecular weight is 313 g/mol. The van der Waals surface area contributed by atoms with Gasteiger partial charge in [-0.05, 0) is 38.0 Å². The fraction of sp³-hybridized carbons (Fsp3) is 0.467. The molecule has 0 aromatic heterocycles. The Morgan fingerprint density at radius 1 is 1.33 bits per heavy atom. The molecule has 21 heavy (non-hydrogen) atoms. The van der Waals surface area contributed by atoms with E-state index in [4.69, 9.17) is 10.5 Å². The van der Waals surface area contributed by atoms with Crippen LogP contribution in [0.1, 0.15) is 43.0 Å². The highest BCUT2D eigenvalue weighted by Gasteiger charge is 2.36. The van der Waals surface area contributed by atoms with E-state index in [2.05, 4.69) is 5.32 Å².